The van der Waals surface area contributed by atoms with E-state index in [0.717, 1.165) is 4.90 Å². The molecule has 0 fully saturated rings. The van der Waals surface area contributed by atoms with Crippen LogP contribution in [0, 0.1) is 20.8 Å². The molecule has 2 aromatic rings. The van der Waals surface area contributed by atoms with Crippen LogP contribution in [0.1, 0.15) is 74.7 Å². The van der Waals surface area contributed by atoms with Gasteiger partial charge in [0.1, 0.15) is 0 Å². The van der Waals surface area contributed by atoms with E-state index >= 15 is 0 Å². The molecule has 28 heavy (non-hydrogen) atoms. The summed E-state index contributed by atoms with van der Waals surface area (Å²) in [5.74, 6) is -1.31. The van der Waals surface area contributed by atoms with Crippen LogP contribution in [0.3, 0.4) is 0 Å². The molecule has 0 aromatic heterocycles. The molecule has 2 aromatic carbocycles. The maximum atomic E-state index is 13.9. The molecule has 0 bridgehead atoms. The SMILES string of the molecule is CCC(C)c1c(C)c(N2C(=O)c3ccccc3C2=O)c(C)c(C(F)(F)F)c1C. The summed E-state index contributed by atoms with van der Waals surface area (Å²) in [4.78, 5) is 26.8. The average Bonchev–Trinajstić information content (AvgIpc) is 2.86. The Labute approximate surface area is 162 Å². The summed E-state index contributed by atoms with van der Waals surface area (Å²) in [5, 5.41) is 0. The van der Waals surface area contributed by atoms with Gasteiger partial charge in [-0.1, -0.05) is 26.0 Å². The van der Waals surface area contributed by atoms with E-state index in [0.29, 0.717) is 17.5 Å². The van der Waals surface area contributed by atoms with Gasteiger partial charge in [0.25, 0.3) is 11.8 Å². The molecule has 0 aliphatic carbocycles. The highest BCUT2D eigenvalue weighted by atomic mass is 19.4. The van der Waals surface area contributed by atoms with Crippen LogP contribution >= 0.6 is 0 Å². The van der Waals surface area contributed by atoms with E-state index in [1.165, 1.54) is 26.0 Å². The number of alkyl halides is 3. The molecule has 2 amide bonds. The number of hydrogen-bond acceptors (Lipinski definition) is 2. The van der Waals surface area contributed by atoms with Gasteiger partial charge in [0.05, 0.1) is 22.4 Å². The lowest BCUT2D eigenvalue weighted by Crippen LogP contribution is -2.32. The van der Waals surface area contributed by atoms with E-state index in [-0.39, 0.29) is 33.9 Å². The molecule has 148 valence electrons. The molecule has 1 aliphatic rings. The summed E-state index contributed by atoms with van der Waals surface area (Å²) < 4.78 is 41.8. The Morgan fingerprint density at radius 3 is 1.86 bits per heavy atom. The highest BCUT2D eigenvalue weighted by molar-refractivity contribution is 6.35. The lowest BCUT2D eigenvalue weighted by molar-refractivity contribution is -0.138. The molecule has 3 rings (SSSR count). The molecule has 1 heterocycles. The third kappa shape index (κ3) is 2.82. The maximum absolute atomic E-state index is 13.9. The monoisotopic (exact) mass is 389 g/mol. The van der Waals surface area contributed by atoms with Gasteiger partial charge in [0.15, 0.2) is 0 Å². The van der Waals surface area contributed by atoms with E-state index < -0.39 is 23.6 Å². The van der Waals surface area contributed by atoms with Crippen molar-refractivity contribution in [2.45, 2.75) is 53.1 Å². The zero-order valence-electron chi connectivity index (χ0n) is 16.5. The quantitative estimate of drug-likeness (QED) is 0.609. The largest absolute Gasteiger partial charge is 0.417 e. The Hall–Kier alpha value is -2.63. The number of carbonyl (C=O) groups is 2. The first-order chi connectivity index (χ1) is 13.0. The number of fused-ring (bicyclic) bond motifs is 1. The van der Waals surface area contributed by atoms with Gasteiger partial charge in [-0.3, -0.25) is 9.59 Å². The molecule has 3 nitrogen and oxygen atoms in total. The minimum atomic E-state index is -4.59. The molecule has 0 saturated carbocycles. The van der Waals surface area contributed by atoms with Crippen molar-refractivity contribution in [3.05, 3.63) is 63.2 Å². The van der Waals surface area contributed by atoms with E-state index in [9.17, 15) is 22.8 Å². The van der Waals surface area contributed by atoms with Crippen LogP contribution in [0.2, 0.25) is 0 Å². The zero-order valence-corrected chi connectivity index (χ0v) is 16.5. The number of imide groups is 1. The van der Waals surface area contributed by atoms with Crippen LogP contribution in [0.4, 0.5) is 18.9 Å². The number of nitrogens with zero attached hydrogens (tertiary/aromatic N) is 1. The molecule has 0 N–H and O–H groups in total. The van der Waals surface area contributed by atoms with Gasteiger partial charge >= 0.3 is 6.18 Å². The average molecular weight is 389 g/mol. The molecule has 6 heteroatoms. The first kappa shape index (κ1) is 20.1. The second-order valence-corrected chi connectivity index (χ2v) is 7.31. The van der Waals surface area contributed by atoms with Crippen LogP contribution < -0.4 is 4.90 Å². The fourth-order valence-corrected chi connectivity index (χ4v) is 4.32. The van der Waals surface area contributed by atoms with Crippen molar-refractivity contribution in [3.63, 3.8) is 0 Å². The molecule has 1 aliphatic heterocycles. The molecular weight excluding hydrogens is 367 g/mol. The molecule has 1 atom stereocenters. The van der Waals surface area contributed by atoms with Gasteiger partial charge in [0, 0.05) is 0 Å². The highest BCUT2D eigenvalue weighted by Gasteiger charge is 2.43. The summed E-state index contributed by atoms with van der Waals surface area (Å²) in [6, 6.07) is 6.31. The highest BCUT2D eigenvalue weighted by Crippen LogP contribution is 2.46. The van der Waals surface area contributed by atoms with Gasteiger partial charge in [-0.2, -0.15) is 13.2 Å². The zero-order chi connectivity index (χ0) is 21.0. The number of halogens is 3. The van der Waals surface area contributed by atoms with Gasteiger partial charge in [-0.05, 0) is 67.5 Å². The van der Waals surface area contributed by atoms with E-state index in [1.807, 2.05) is 13.8 Å². The van der Waals surface area contributed by atoms with Gasteiger partial charge in [0.2, 0.25) is 0 Å². The smallest absolute Gasteiger partial charge is 0.268 e. The molecule has 1 unspecified atom stereocenters. The minimum Gasteiger partial charge on any atom is -0.268 e. The maximum Gasteiger partial charge on any atom is 0.417 e. The van der Waals surface area contributed by atoms with E-state index in [2.05, 4.69) is 0 Å². The van der Waals surface area contributed by atoms with Crippen LogP contribution in [0.15, 0.2) is 24.3 Å². The Bertz CT molecular complexity index is 957. The predicted octanol–water partition coefficient (Wildman–Crippen LogP) is 5.94. The Morgan fingerprint density at radius 1 is 0.929 bits per heavy atom. The fourth-order valence-electron chi connectivity index (χ4n) is 4.32. The number of hydrogen-bond donors (Lipinski definition) is 0. The topological polar surface area (TPSA) is 37.4 Å². The van der Waals surface area contributed by atoms with Gasteiger partial charge in [-0.25, -0.2) is 4.90 Å². The predicted molar refractivity (Wildman–Crippen MR) is 102 cm³/mol. The van der Waals surface area contributed by atoms with Crippen molar-refractivity contribution < 1.29 is 22.8 Å². The summed E-state index contributed by atoms with van der Waals surface area (Å²) in [5.41, 5.74) is 0.885. The number of anilines is 1. The standard InChI is InChI=1S/C22H22F3NO2/c1-6-11(2)17-12(3)18(22(23,24)25)14(5)19(13(17)4)26-20(27)15-9-7-8-10-16(15)21(26)28/h7-11H,6H2,1-5H3. The first-order valence-electron chi connectivity index (χ1n) is 9.20. The summed E-state index contributed by atoms with van der Waals surface area (Å²) in [6.07, 6.45) is -3.94. The fraction of sp³-hybridized carbons (Fsp3) is 0.364. The molecular formula is C22H22F3NO2. The molecule has 0 radical (unpaired) electrons. The van der Waals surface area contributed by atoms with Crippen LogP contribution in [0.25, 0.3) is 0 Å². The number of carbonyl (C=O) groups excluding carboxylic acids is 2. The Kier molecular flexibility index (Phi) is 4.86. The summed E-state index contributed by atoms with van der Waals surface area (Å²) >= 11 is 0. The third-order valence-corrected chi connectivity index (χ3v) is 5.67. The molecule has 0 spiro atoms. The normalized spacial score (nSPS) is 15.2. The Balaban J connectivity index is 2.37. The minimum absolute atomic E-state index is 0.0550. The second kappa shape index (κ2) is 6.76. The third-order valence-electron chi connectivity index (χ3n) is 5.67. The van der Waals surface area contributed by atoms with Crippen molar-refractivity contribution in [2.75, 3.05) is 4.90 Å². The van der Waals surface area contributed by atoms with Crippen molar-refractivity contribution in [1.29, 1.82) is 0 Å². The van der Waals surface area contributed by atoms with Gasteiger partial charge < -0.3 is 0 Å². The van der Waals surface area contributed by atoms with Crippen LogP contribution in [-0.2, 0) is 6.18 Å². The lowest BCUT2D eigenvalue weighted by Gasteiger charge is -2.29. The number of benzene rings is 2. The Morgan fingerprint density at radius 2 is 1.43 bits per heavy atom. The van der Waals surface area contributed by atoms with Crippen molar-refractivity contribution in [1.82, 2.24) is 0 Å². The van der Waals surface area contributed by atoms with Crippen LogP contribution in [0.5, 0.6) is 0 Å². The summed E-state index contributed by atoms with van der Waals surface area (Å²) in [6.45, 7) is 8.26. The number of rotatable bonds is 3. The van der Waals surface area contributed by atoms with E-state index in [4.69, 9.17) is 0 Å². The second-order valence-electron chi connectivity index (χ2n) is 7.31. The molecule has 0 saturated heterocycles. The van der Waals surface area contributed by atoms with Crippen molar-refractivity contribution in [3.8, 4) is 0 Å². The lowest BCUT2D eigenvalue weighted by atomic mass is 9.83. The van der Waals surface area contributed by atoms with Crippen molar-refractivity contribution in [2.24, 2.45) is 0 Å². The van der Waals surface area contributed by atoms with Gasteiger partial charge in [-0.15, -0.1) is 0 Å². The summed E-state index contributed by atoms with van der Waals surface area (Å²) in [7, 11) is 0. The first-order valence-corrected chi connectivity index (χ1v) is 9.20. The number of amides is 2. The van der Waals surface area contributed by atoms with E-state index in [1.54, 1.807) is 19.1 Å². The van der Waals surface area contributed by atoms with Crippen molar-refractivity contribution >= 4 is 17.5 Å². The van der Waals surface area contributed by atoms with Crippen LogP contribution in [-0.4, -0.2) is 11.8 Å².